The lowest BCUT2D eigenvalue weighted by atomic mass is 9.78. The van der Waals surface area contributed by atoms with Crippen LogP contribution in [0.15, 0.2) is 5.38 Å². The maximum absolute atomic E-state index is 11.5. The molecule has 0 aromatic carbocycles. The summed E-state index contributed by atoms with van der Waals surface area (Å²) in [5.74, 6) is -0.0774. The fourth-order valence-electron chi connectivity index (χ4n) is 2.20. The van der Waals surface area contributed by atoms with Gasteiger partial charge >= 0.3 is 0 Å². The summed E-state index contributed by atoms with van der Waals surface area (Å²) in [6.07, 6.45) is 3.62. The first-order valence-corrected chi connectivity index (χ1v) is 7.79. The van der Waals surface area contributed by atoms with E-state index in [1.165, 1.54) is 19.3 Å². The van der Waals surface area contributed by atoms with Gasteiger partial charge in [-0.05, 0) is 18.3 Å². The molecule has 3 nitrogen and oxygen atoms in total. The Labute approximate surface area is 117 Å². The summed E-state index contributed by atoms with van der Waals surface area (Å²) in [5.41, 5.74) is 0.983. The number of piperidine rings is 1. The van der Waals surface area contributed by atoms with Crippen LogP contribution >= 0.6 is 22.9 Å². The first-order chi connectivity index (χ1) is 8.58. The number of Topliss-reactive ketones (excluding diaryl/α,β-unsaturated/α-hetero) is 1. The average Bonchev–Trinajstić information content (AvgIpc) is 2.88. The molecule has 100 valence electrons. The SMILES string of the molecule is CCC1(C)CCN(c2nc(C(=O)CCl)cs2)CC1. The zero-order valence-electron chi connectivity index (χ0n) is 10.9. The lowest BCUT2D eigenvalue weighted by molar-refractivity contribution is 0.101. The highest BCUT2D eigenvalue weighted by molar-refractivity contribution is 7.14. The van der Waals surface area contributed by atoms with E-state index in [1.807, 2.05) is 5.38 Å². The maximum atomic E-state index is 11.5. The van der Waals surface area contributed by atoms with Crippen molar-refractivity contribution in [2.75, 3.05) is 23.9 Å². The topological polar surface area (TPSA) is 33.2 Å². The van der Waals surface area contributed by atoms with Gasteiger partial charge in [0.05, 0.1) is 5.88 Å². The molecule has 0 aliphatic carbocycles. The second-order valence-electron chi connectivity index (χ2n) is 5.22. The molecule has 1 aliphatic heterocycles. The van der Waals surface area contributed by atoms with Gasteiger partial charge in [-0.2, -0.15) is 0 Å². The van der Waals surface area contributed by atoms with Crippen LogP contribution in [0.25, 0.3) is 0 Å². The van der Waals surface area contributed by atoms with Gasteiger partial charge in [-0.25, -0.2) is 4.98 Å². The Balaban J connectivity index is 2.02. The minimum atomic E-state index is -0.0884. The lowest BCUT2D eigenvalue weighted by Crippen LogP contribution is -2.38. The summed E-state index contributed by atoms with van der Waals surface area (Å²) in [4.78, 5) is 18.1. The fraction of sp³-hybridized carbons (Fsp3) is 0.692. The molecule has 0 unspecified atom stereocenters. The number of aromatic nitrogens is 1. The second kappa shape index (κ2) is 5.57. The molecule has 0 amide bonds. The van der Waals surface area contributed by atoms with Crippen molar-refractivity contribution < 1.29 is 4.79 Å². The van der Waals surface area contributed by atoms with Crippen LogP contribution in [0.5, 0.6) is 0 Å². The molecule has 1 aromatic rings. The maximum Gasteiger partial charge on any atom is 0.196 e. The predicted octanol–water partition coefficient (Wildman–Crippen LogP) is 3.58. The van der Waals surface area contributed by atoms with Crippen LogP contribution in [0.1, 0.15) is 43.6 Å². The van der Waals surface area contributed by atoms with Crippen LogP contribution < -0.4 is 4.90 Å². The van der Waals surface area contributed by atoms with Crippen LogP contribution in [-0.4, -0.2) is 29.7 Å². The van der Waals surface area contributed by atoms with Crippen molar-refractivity contribution in [3.05, 3.63) is 11.1 Å². The van der Waals surface area contributed by atoms with E-state index >= 15 is 0 Å². The molecule has 2 heterocycles. The Kier molecular flexibility index (Phi) is 4.28. The van der Waals surface area contributed by atoms with Crippen molar-refractivity contribution in [3.8, 4) is 0 Å². The highest BCUT2D eigenvalue weighted by Gasteiger charge is 2.29. The minimum Gasteiger partial charge on any atom is -0.348 e. The second-order valence-corrected chi connectivity index (χ2v) is 6.33. The standard InChI is InChI=1S/C13H19ClN2OS/c1-3-13(2)4-6-16(7-5-13)12-15-10(9-18-12)11(17)8-14/h9H,3-8H2,1-2H3. The highest BCUT2D eigenvalue weighted by atomic mass is 35.5. The molecule has 0 saturated carbocycles. The van der Waals surface area contributed by atoms with Gasteiger partial charge in [0.1, 0.15) is 5.69 Å². The third-order valence-corrected chi connectivity index (χ3v) is 5.14. The molecule has 1 fully saturated rings. The predicted molar refractivity (Wildman–Crippen MR) is 77.0 cm³/mol. The van der Waals surface area contributed by atoms with Gasteiger partial charge in [0, 0.05) is 18.5 Å². The van der Waals surface area contributed by atoms with Crippen molar-refractivity contribution in [3.63, 3.8) is 0 Å². The van der Waals surface area contributed by atoms with E-state index in [1.54, 1.807) is 11.3 Å². The van der Waals surface area contributed by atoms with Crippen molar-refractivity contribution in [1.29, 1.82) is 0 Å². The summed E-state index contributed by atoms with van der Waals surface area (Å²) in [7, 11) is 0. The Hall–Kier alpha value is -0.610. The van der Waals surface area contributed by atoms with Gasteiger partial charge in [0.25, 0.3) is 0 Å². The molecular weight excluding hydrogens is 268 g/mol. The Morgan fingerprint density at radius 2 is 2.22 bits per heavy atom. The third-order valence-electron chi connectivity index (χ3n) is 3.99. The van der Waals surface area contributed by atoms with E-state index in [2.05, 4.69) is 23.7 Å². The summed E-state index contributed by atoms with van der Waals surface area (Å²) < 4.78 is 0. The molecule has 0 radical (unpaired) electrons. The molecule has 1 saturated heterocycles. The molecule has 2 rings (SSSR count). The highest BCUT2D eigenvalue weighted by Crippen LogP contribution is 2.36. The quantitative estimate of drug-likeness (QED) is 0.626. The van der Waals surface area contributed by atoms with Gasteiger partial charge in [0.2, 0.25) is 0 Å². The normalized spacial score (nSPS) is 18.9. The molecule has 1 aromatic heterocycles. The van der Waals surface area contributed by atoms with Crippen LogP contribution in [0.2, 0.25) is 0 Å². The number of carbonyl (C=O) groups excluding carboxylic acids is 1. The van der Waals surface area contributed by atoms with Gasteiger partial charge in [-0.15, -0.1) is 22.9 Å². The minimum absolute atomic E-state index is 0.0110. The number of thiazole rings is 1. The molecule has 0 atom stereocenters. The van der Waals surface area contributed by atoms with Crippen LogP contribution in [0.4, 0.5) is 5.13 Å². The molecule has 5 heteroatoms. The first kappa shape index (κ1) is 13.8. The zero-order chi connectivity index (χ0) is 13.2. The molecule has 1 aliphatic rings. The smallest absolute Gasteiger partial charge is 0.196 e. The molecular formula is C13H19ClN2OS. The van der Waals surface area contributed by atoms with E-state index in [4.69, 9.17) is 11.6 Å². The Morgan fingerprint density at radius 3 is 2.78 bits per heavy atom. The summed E-state index contributed by atoms with van der Waals surface area (Å²) in [6.45, 7) is 6.68. The van der Waals surface area contributed by atoms with Crippen LogP contribution in [0.3, 0.4) is 0 Å². The Morgan fingerprint density at radius 1 is 1.56 bits per heavy atom. The van der Waals surface area contributed by atoms with Crippen molar-refractivity contribution in [2.45, 2.75) is 33.1 Å². The molecule has 0 spiro atoms. The number of hydrogen-bond acceptors (Lipinski definition) is 4. The molecule has 0 N–H and O–H groups in total. The van der Waals surface area contributed by atoms with E-state index in [9.17, 15) is 4.79 Å². The number of anilines is 1. The zero-order valence-corrected chi connectivity index (χ0v) is 12.5. The third kappa shape index (κ3) is 2.86. The van der Waals surface area contributed by atoms with Crippen molar-refractivity contribution in [1.82, 2.24) is 4.98 Å². The number of nitrogens with zero attached hydrogens (tertiary/aromatic N) is 2. The Bertz CT molecular complexity index is 424. The van der Waals surface area contributed by atoms with Crippen molar-refractivity contribution in [2.24, 2.45) is 5.41 Å². The number of rotatable bonds is 4. The van der Waals surface area contributed by atoms with Gasteiger partial charge < -0.3 is 4.90 Å². The number of carbonyl (C=O) groups is 1. The summed E-state index contributed by atoms with van der Waals surface area (Å²) in [6, 6.07) is 0. The average molecular weight is 287 g/mol. The number of hydrogen-bond donors (Lipinski definition) is 0. The first-order valence-electron chi connectivity index (χ1n) is 6.37. The lowest BCUT2D eigenvalue weighted by Gasteiger charge is -2.38. The van der Waals surface area contributed by atoms with Crippen LogP contribution in [-0.2, 0) is 0 Å². The van der Waals surface area contributed by atoms with Gasteiger partial charge in [-0.1, -0.05) is 20.3 Å². The number of alkyl halides is 1. The number of halogens is 1. The van der Waals surface area contributed by atoms with E-state index in [0.29, 0.717) is 11.1 Å². The number of ketones is 1. The molecule has 0 bridgehead atoms. The monoisotopic (exact) mass is 286 g/mol. The van der Waals surface area contributed by atoms with Crippen molar-refractivity contribution >= 4 is 33.9 Å². The van der Waals surface area contributed by atoms with Gasteiger partial charge in [-0.3, -0.25) is 4.79 Å². The largest absolute Gasteiger partial charge is 0.348 e. The summed E-state index contributed by atoms with van der Waals surface area (Å²) >= 11 is 7.08. The molecule has 18 heavy (non-hydrogen) atoms. The van der Waals surface area contributed by atoms with E-state index < -0.39 is 0 Å². The summed E-state index contributed by atoms with van der Waals surface area (Å²) in [5, 5.41) is 2.77. The van der Waals surface area contributed by atoms with E-state index in [0.717, 1.165) is 18.2 Å². The fourth-order valence-corrected chi connectivity index (χ4v) is 3.22. The van der Waals surface area contributed by atoms with E-state index in [-0.39, 0.29) is 11.7 Å². The van der Waals surface area contributed by atoms with Gasteiger partial charge in [0.15, 0.2) is 10.9 Å². The van der Waals surface area contributed by atoms with Crippen LogP contribution in [0, 0.1) is 5.41 Å².